The molecule has 1 heterocycles. The summed E-state index contributed by atoms with van der Waals surface area (Å²) in [5.41, 5.74) is 8.75. The van der Waals surface area contributed by atoms with Gasteiger partial charge in [-0.3, -0.25) is 9.69 Å². The van der Waals surface area contributed by atoms with Crippen LogP contribution in [0.1, 0.15) is 37.3 Å². The Hall–Kier alpha value is -2.17. The molecule has 2 atom stereocenters. The fraction of sp³-hybridized carbons (Fsp3) is 0.409. The minimum absolute atomic E-state index is 0.0464. The van der Waals surface area contributed by atoms with Crippen molar-refractivity contribution in [1.82, 2.24) is 10.2 Å². The fourth-order valence-corrected chi connectivity index (χ4v) is 3.80. The number of nitrogens with two attached hydrogens (primary N) is 1. The lowest BCUT2D eigenvalue weighted by Crippen LogP contribution is -2.46. The number of amides is 1. The van der Waals surface area contributed by atoms with Crippen molar-refractivity contribution in [3.05, 3.63) is 71.8 Å². The van der Waals surface area contributed by atoms with Crippen LogP contribution in [0.2, 0.25) is 0 Å². The van der Waals surface area contributed by atoms with Crippen LogP contribution in [-0.2, 0) is 4.79 Å². The van der Waals surface area contributed by atoms with E-state index in [9.17, 15) is 4.79 Å². The second-order valence-corrected chi connectivity index (χ2v) is 7.50. The number of nitrogens with zero attached hydrogens (tertiary/aromatic N) is 1. The molecular formula is C22H29N3O. The van der Waals surface area contributed by atoms with Gasteiger partial charge in [0.1, 0.15) is 0 Å². The normalized spacial score (nSPS) is 20.7. The number of carbonyl (C=O) groups is 1. The lowest BCUT2D eigenvalue weighted by molar-refractivity contribution is -0.126. The van der Waals surface area contributed by atoms with Crippen LogP contribution < -0.4 is 11.1 Å². The molecule has 0 unspecified atom stereocenters. The summed E-state index contributed by atoms with van der Waals surface area (Å²) < 4.78 is 0. The van der Waals surface area contributed by atoms with Crippen LogP contribution in [-0.4, -0.2) is 42.0 Å². The lowest BCUT2D eigenvalue weighted by Gasteiger charge is -2.29. The SMILES string of the molecule is CC(C)NC(=O)[C@@H]1C[C@@H](N)CN1CC(c1ccccc1)c1ccccc1. The van der Waals surface area contributed by atoms with E-state index in [4.69, 9.17) is 5.73 Å². The molecule has 4 nitrogen and oxygen atoms in total. The quantitative estimate of drug-likeness (QED) is 0.841. The van der Waals surface area contributed by atoms with Crippen molar-refractivity contribution in [2.75, 3.05) is 13.1 Å². The van der Waals surface area contributed by atoms with Crippen LogP contribution in [0.15, 0.2) is 60.7 Å². The first-order valence-corrected chi connectivity index (χ1v) is 9.44. The molecule has 0 aliphatic carbocycles. The van der Waals surface area contributed by atoms with Crippen LogP contribution >= 0.6 is 0 Å². The molecule has 1 aliphatic heterocycles. The molecule has 0 bridgehead atoms. The Morgan fingerprint density at radius 1 is 1.08 bits per heavy atom. The summed E-state index contributed by atoms with van der Waals surface area (Å²) in [5, 5.41) is 3.05. The average Bonchev–Trinajstić information content (AvgIpc) is 3.01. The summed E-state index contributed by atoms with van der Waals surface area (Å²) in [6.07, 6.45) is 0.717. The van der Waals surface area contributed by atoms with Crippen molar-refractivity contribution >= 4 is 5.91 Å². The third-order valence-electron chi connectivity index (χ3n) is 4.99. The Morgan fingerprint density at radius 2 is 1.62 bits per heavy atom. The Kier molecular flexibility index (Phi) is 6.07. The van der Waals surface area contributed by atoms with Crippen molar-refractivity contribution in [2.45, 2.75) is 44.3 Å². The van der Waals surface area contributed by atoms with Crippen LogP contribution in [0.4, 0.5) is 0 Å². The van der Waals surface area contributed by atoms with E-state index in [1.807, 2.05) is 26.0 Å². The first-order chi connectivity index (χ1) is 12.5. The van der Waals surface area contributed by atoms with E-state index < -0.39 is 0 Å². The summed E-state index contributed by atoms with van der Waals surface area (Å²) in [6, 6.07) is 21.1. The third-order valence-corrected chi connectivity index (χ3v) is 4.99. The Labute approximate surface area is 156 Å². The third kappa shape index (κ3) is 4.51. The zero-order chi connectivity index (χ0) is 18.5. The van der Waals surface area contributed by atoms with E-state index in [1.54, 1.807) is 0 Å². The highest BCUT2D eigenvalue weighted by Gasteiger charge is 2.36. The van der Waals surface area contributed by atoms with Crippen molar-refractivity contribution in [2.24, 2.45) is 5.73 Å². The predicted molar refractivity (Wildman–Crippen MR) is 106 cm³/mol. The molecular weight excluding hydrogens is 322 g/mol. The smallest absolute Gasteiger partial charge is 0.237 e. The van der Waals surface area contributed by atoms with Gasteiger partial charge in [-0.2, -0.15) is 0 Å². The number of hydrogen-bond acceptors (Lipinski definition) is 3. The van der Waals surface area contributed by atoms with Crippen molar-refractivity contribution in [3.63, 3.8) is 0 Å². The zero-order valence-corrected chi connectivity index (χ0v) is 15.6. The Morgan fingerprint density at radius 3 is 2.12 bits per heavy atom. The number of benzene rings is 2. The van der Waals surface area contributed by atoms with E-state index >= 15 is 0 Å². The van der Waals surface area contributed by atoms with E-state index in [0.29, 0.717) is 0 Å². The molecule has 0 saturated carbocycles. The largest absolute Gasteiger partial charge is 0.353 e. The van der Waals surface area contributed by atoms with Crippen molar-refractivity contribution < 1.29 is 4.79 Å². The van der Waals surface area contributed by atoms with Crippen LogP contribution in [0.25, 0.3) is 0 Å². The average molecular weight is 351 g/mol. The molecule has 1 saturated heterocycles. The predicted octanol–water partition coefficient (Wildman–Crippen LogP) is 2.74. The van der Waals surface area contributed by atoms with Gasteiger partial charge in [0.2, 0.25) is 5.91 Å². The summed E-state index contributed by atoms with van der Waals surface area (Å²) in [7, 11) is 0. The van der Waals surface area contributed by atoms with Gasteiger partial charge in [-0.1, -0.05) is 60.7 Å². The van der Waals surface area contributed by atoms with Crippen LogP contribution in [0.5, 0.6) is 0 Å². The van der Waals surface area contributed by atoms with Crippen molar-refractivity contribution in [1.29, 1.82) is 0 Å². The zero-order valence-electron chi connectivity index (χ0n) is 15.6. The molecule has 4 heteroatoms. The fourth-order valence-electron chi connectivity index (χ4n) is 3.80. The minimum atomic E-state index is -0.151. The van der Waals surface area contributed by atoms with E-state index in [-0.39, 0.29) is 30.0 Å². The molecule has 26 heavy (non-hydrogen) atoms. The number of carbonyl (C=O) groups excluding carboxylic acids is 1. The van der Waals surface area contributed by atoms with E-state index in [2.05, 4.69) is 58.7 Å². The lowest BCUT2D eigenvalue weighted by atomic mass is 9.90. The van der Waals surface area contributed by atoms with Gasteiger partial charge in [-0.25, -0.2) is 0 Å². The van der Waals surface area contributed by atoms with Gasteiger partial charge in [0.15, 0.2) is 0 Å². The van der Waals surface area contributed by atoms with Gasteiger partial charge in [0.25, 0.3) is 0 Å². The number of nitrogens with one attached hydrogen (secondary N) is 1. The van der Waals surface area contributed by atoms with Gasteiger partial charge in [0.05, 0.1) is 6.04 Å². The molecule has 3 rings (SSSR count). The number of rotatable bonds is 6. The van der Waals surface area contributed by atoms with Crippen LogP contribution in [0.3, 0.4) is 0 Å². The molecule has 1 amide bonds. The maximum atomic E-state index is 12.7. The maximum absolute atomic E-state index is 12.7. The molecule has 1 aliphatic rings. The molecule has 138 valence electrons. The highest BCUT2D eigenvalue weighted by molar-refractivity contribution is 5.82. The number of hydrogen-bond donors (Lipinski definition) is 2. The first-order valence-electron chi connectivity index (χ1n) is 9.44. The van der Waals surface area contributed by atoms with Gasteiger partial charge in [-0.05, 0) is 31.4 Å². The van der Waals surface area contributed by atoms with Gasteiger partial charge in [-0.15, -0.1) is 0 Å². The summed E-state index contributed by atoms with van der Waals surface area (Å²) in [6.45, 7) is 5.53. The standard InChI is InChI=1S/C22H29N3O/c1-16(2)24-22(26)21-13-19(23)14-25(21)15-20(17-9-5-3-6-10-17)18-11-7-4-8-12-18/h3-12,16,19-21H,13-15,23H2,1-2H3,(H,24,26)/t19-,21+/m1/s1. The topological polar surface area (TPSA) is 58.4 Å². The Bertz CT molecular complexity index is 662. The van der Waals surface area contributed by atoms with Crippen molar-refractivity contribution in [3.8, 4) is 0 Å². The highest BCUT2D eigenvalue weighted by Crippen LogP contribution is 2.29. The maximum Gasteiger partial charge on any atom is 0.237 e. The molecule has 3 N–H and O–H groups in total. The molecule has 0 aromatic heterocycles. The van der Waals surface area contributed by atoms with E-state index in [1.165, 1.54) is 11.1 Å². The summed E-state index contributed by atoms with van der Waals surface area (Å²) >= 11 is 0. The second kappa shape index (κ2) is 8.47. The molecule has 1 fully saturated rings. The van der Waals surface area contributed by atoms with Gasteiger partial charge >= 0.3 is 0 Å². The monoisotopic (exact) mass is 351 g/mol. The molecule has 0 radical (unpaired) electrons. The first kappa shape index (κ1) is 18.6. The summed E-state index contributed by atoms with van der Waals surface area (Å²) in [5.74, 6) is 0.310. The molecule has 2 aromatic rings. The molecule has 0 spiro atoms. The van der Waals surface area contributed by atoms with Gasteiger partial charge in [0, 0.05) is 31.1 Å². The van der Waals surface area contributed by atoms with Gasteiger partial charge < -0.3 is 11.1 Å². The minimum Gasteiger partial charge on any atom is -0.353 e. The summed E-state index contributed by atoms with van der Waals surface area (Å²) in [4.78, 5) is 14.9. The highest BCUT2D eigenvalue weighted by atomic mass is 16.2. The van der Waals surface area contributed by atoms with Crippen LogP contribution in [0, 0.1) is 0 Å². The second-order valence-electron chi connectivity index (χ2n) is 7.50. The Balaban J connectivity index is 1.84. The van der Waals surface area contributed by atoms with E-state index in [0.717, 1.165) is 19.5 Å². The number of likely N-dealkylation sites (tertiary alicyclic amines) is 1. The molecule has 2 aromatic carbocycles.